The molecule has 1 aromatic rings. The van der Waals surface area contributed by atoms with E-state index in [-0.39, 0.29) is 11.4 Å². The molecule has 0 radical (unpaired) electrons. The maximum atomic E-state index is 12.4. The van der Waals surface area contributed by atoms with Gasteiger partial charge in [-0.15, -0.1) is 0 Å². The van der Waals surface area contributed by atoms with E-state index in [9.17, 15) is 13.2 Å². The first-order valence-electron chi connectivity index (χ1n) is 8.79. The Morgan fingerprint density at radius 1 is 1.04 bits per heavy atom. The highest BCUT2D eigenvalue weighted by Crippen LogP contribution is 2.19. The minimum absolute atomic E-state index is 0.0560. The molecule has 8 heteroatoms. The summed E-state index contributed by atoms with van der Waals surface area (Å²) in [6.45, 7) is 13.8. The van der Waals surface area contributed by atoms with Gasteiger partial charge in [-0.2, -0.15) is 13.5 Å². The van der Waals surface area contributed by atoms with Crippen LogP contribution >= 0.6 is 0 Å². The molecule has 0 aliphatic carbocycles. The van der Waals surface area contributed by atoms with Crippen molar-refractivity contribution in [2.45, 2.75) is 77.6 Å². The zero-order chi connectivity index (χ0) is 21.0. The SMILES string of the molecule is Cc1ccc(S(=O)(=O)OC(C)CN(OC(C)(C)C)C(=O)OC(C)(C)C)cc1. The number of ether oxygens (including phenoxy) is 1. The van der Waals surface area contributed by atoms with Crippen molar-refractivity contribution in [3.63, 3.8) is 0 Å². The van der Waals surface area contributed by atoms with E-state index in [1.54, 1.807) is 60.6 Å². The van der Waals surface area contributed by atoms with Gasteiger partial charge in [0.05, 0.1) is 23.1 Å². The maximum absolute atomic E-state index is 12.4. The Hall–Kier alpha value is -1.64. The zero-order valence-corrected chi connectivity index (χ0v) is 18.2. The van der Waals surface area contributed by atoms with Crippen LogP contribution in [0, 0.1) is 6.92 Å². The summed E-state index contributed by atoms with van der Waals surface area (Å²) >= 11 is 0. The molecule has 1 rings (SSSR count). The minimum Gasteiger partial charge on any atom is -0.442 e. The molecule has 0 spiro atoms. The number of carbonyl (C=O) groups is 1. The molecule has 0 saturated carbocycles. The van der Waals surface area contributed by atoms with E-state index >= 15 is 0 Å². The summed E-state index contributed by atoms with van der Waals surface area (Å²) in [5.74, 6) is 0. The monoisotopic (exact) mass is 401 g/mol. The second-order valence-electron chi connectivity index (χ2n) is 8.42. The maximum Gasteiger partial charge on any atom is 0.434 e. The summed E-state index contributed by atoms with van der Waals surface area (Å²) in [4.78, 5) is 18.1. The van der Waals surface area contributed by atoms with E-state index in [4.69, 9.17) is 13.8 Å². The third-order valence-electron chi connectivity index (χ3n) is 3.00. The molecule has 1 aromatic carbocycles. The molecule has 0 aromatic heterocycles. The highest BCUT2D eigenvalue weighted by molar-refractivity contribution is 7.86. The molecule has 0 N–H and O–H groups in total. The molecular formula is C19H31NO6S. The van der Waals surface area contributed by atoms with Crippen LogP contribution in [0.5, 0.6) is 0 Å². The summed E-state index contributed by atoms with van der Waals surface area (Å²) in [6.07, 6.45) is -1.55. The number of carbonyl (C=O) groups excluding carboxylic acids is 1. The lowest BCUT2D eigenvalue weighted by atomic mass is 10.2. The lowest BCUT2D eigenvalue weighted by molar-refractivity contribution is -0.217. The lowest BCUT2D eigenvalue weighted by Gasteiger charge is -2.32. The van der Waals surface area contributed by atoms with Gasteiger partial charge in [-0.05, 0) is 67.5 Å². The fourth-order valence-electron chi connectivity index (χ4n) is 2.03. The van der Waals surface area contributed by atoms with Gasteiger partial charge in [-0.3, -0.25) is 9.02 Å². The van der Waals surface area contributed by atoms with Crippen molar-refractivity contribution in [3.05, 3.63) is 29.8 Å². The Morgan fingerprint density at radius 2 is 1.56 bits per heavy atom. The van der Waals surface area contributed by atoms with Gasteiger partial charge in [0.1, 0.15) is 5.60 Å². The summed E-state index contributed by atoms with van der Waals surface area (Å²) in [6, 6.07) is 6.34. The highest BCUT2D eigenvalue weighted by atomic mass is 32.2. The Bertz CT molecular complexity index is 729. The molecule has 0 aliphatic rings. The Labute approximate surface area is 162 Å². The number of nitrogens with zero attached hydrogens (tertiary/aromatic N) is 1. The van der Waals surface area contributed by atoms with Crippen molar-refractivity contribution < 1.29 is 27.0 Å². The molecule has 154 valence electrons. The molecule has 0 aliphatic heterocycles. The average molecular weight is 402 g/mol. The fraction of sp³-hybridized carbons (Fsp3) is 0.632. The van der Waals surface area contributed by atoms with Crippen molar-refractivity contribution in [2.24, 2.45) is 0 Å². The molecule has 0 fully saturated rings. The van der Waals surface area contributed by atoms with Crippen LogP contribution in [-0.4, -0.2) is 43.4 Å². The molecule has 0 heterocycles. The molecule has 0 saturated heterocycles. The van der Waals surface area contributed by atoms with Crippen LogP contribution in [0.2, 0.25) is 0 Å². The van der Waals surface area contributed by atoms with Crippen molar-refractivity contribution >= 4 is 16.2 Å². The van der Waals surface area contributed by atoms with Crippen molar-refractivity contribution in [1.29, 1.82) is 0 Å². The molecule has 1 atom stereocenters. The van der Waals surface area contributed by atoms with Crippen LogP contribution < -0.4 is 0 Å². The van der Waals surface area contributed by atoms with Gasteiger partial charge in [-0.25, -0.2) is 4.79 Å². The first-order valence-corrected chi connectivity index (χ1v) is 10.2. The summed E-state index contributed by atoms with van der Waals surface area (Å²) in [5.41, 5.74) is -0.446. The Morgan fingerprint density at radius 3 is 2.00 bits per heavy atom. The number of hydroxylamine groups is 2. The summed E-state index contributed by atoms with van der Waals surface area (Å²) in [5, 5.41) is 1.00. The van der Waals surface area contributed by atoms with Gasteiger partial charge in [0, 0.05) is 0 Å². The van der Waals surface area contributed by atoms with E-state index < -0.39 is 33.5 Å². The van der Waals surface area contributed by atoms with Crippen molar-refractivity contribution in [2.75, 3.05) is 6.54 Å². The van der Waals surface area contributed by atoms with Gasteiger partial charge >= 0.3 is 6.09 Å². The van der Waals surface area contributed by atoms with Crippen molar-refractivity contribution in [1.82, 2.24) is 5.06 Å². The normalized spacial score (nSPS) is 13.9. The van der Waals surface area contributed by atoms with Crippen LogP contribution in [0.15, 0.2) is 29.2 Å². The highest BCUT2D eigenvalue weighted by Gasteiger charge is 2.30. The molecule has 1 amide bonds. The van der Waals surface area contributed by atoms with Gasteiger partial charge < -0.3 is 4.74 Å². The van der Waals surface area contributed by atoms with Gasteiger partial charge in [0.25, 0.3) is 10.1 Å². The molecule has 0 bridgehead atoms. The predicted octanol–water partition coefficient (Wildman–Crippen LogP) is 4.06. The third kappa shape index (κ3) is 8.73. The van der Waals surface area contributed by atoms with E-state index in [0.717, 1.165) is 10.6 Å². The van der Waals surface area contributed by atoms with Crippen LogP contribution in [0.4, 0.5) is 4.79 Å². The van der Waals surface area contributed by atoms with Gasteiger partial charge in [-0.1, -0.05) is 17.7 Å². The molecule has 7 nitrogen and oxygen atoms in total. The molecular weight excluding hydrogens is 370 g/mol. The number of amides is 1. The third-order valence-corrected chi connectivity index (χ3v) is 4.44. The number of hydrogen-bond acceptors (Lipinski definition) is 6. The molecule has 27 heavy (non-hydrogen) atoms. The van der Waals surface area contributed by atoms with Crippen LogP contribution in [0.25, 0.3) is 0 Å². The average Bonchev–Trinajstić information content (AvgIpc) is 2.43. The van der Waals surface area contributed by atoms with Gasteiger partial charge in [0.2, 0.25) is 0 Å². The lowest BCUT2D eigenvalue weighted by Crippen LogP contribution is -2.45. The summed E-state index contributed by atoms with van der Waals surface area (Å²) < 4.78 is 35.4. The Balaban J connectivity index is 2.90. The largest absolute Gasteiger partial charge is 0.442 e. The summed E-state index contributed by atoms with van der Waals surface area (Å²) in [7, 11) is -3.96. The topological polar surface area (TPSA) is 82.1 Å². The Kier molecular flexibility index (Phi) is 7.44. The quantitative estimate of drug-likeness (QED) is 0.528. The van der Waals surface area contributed by atoms with Gasteiger partial charge in [0.15, 0.2) is 0 Å². The zero-order valence-electron chi connectivity index (χ0n) is 17.4. The number of aryl methyl sites for hydroxylation is 1. The fourth-order valence-corrected chi connectivity index (χ4v) is 3.11. The standard InChI is InChI=1S/C19H31NO6S/c1-14-9-11-16(12-10-14)27(22,23)25-15(2)13-20(26-19(6,7)8)17(21)24-18(3,4)5/h9-12,15H,13H2,1-8H3. The van der Waals surface area contributed by atoms with E-state index in [1.165, 1.54) is 12.1 Å². The molecule has 1 unspecified atom stereocenters. The van der Waals surface area contributed by atoms with E-state index in [1.807, 2.05) is 6.92 Å². The second-order valence-corrected chi connectivity index (χ2v) is 9.99. The number of rotatable bonds is 6. The number of benzene rings is 1. The predicted molar refractivity (Wildman–Crippen MR) is 103 cm³/mol. The van der Waals surface area contributed by atoms with Crippen molar-refractivity contribution in [3.8, 4) is 0 Å². The first kappa shape index (κ1) is 23.4. The van der Waals surface area contributed by atoms with E-state index in [0.29, 0.717) is 0 Å². The van der Waals surface area contributed by atoms with Crippen LogP contribution in [-0.2, 0) is 23.9 Å². The second kappa shape index (κ2) is 8.58. The van der Waals surface area contributed by atoms with Crippen LogP contribution in [0.3, 0.4) is 0 Å². The van der Waals surface area contributed by atoms with Crippen LogP contribution in [0.1, 0.15) is 54.0 Å². The smallest absolute Gasteiger partial charge is 0.434 e. The first-order chi connectivity index (χ1) is 12.1. The minimum atomic E-state index is -3.96. The van der Waals surface area contributed by atoms with E-state index in [2.05, 4.69) is 0 Å². The number of hydrogen-bond donors (Lipinski definition) is 0.